The second kappa shape index (κ2) is 7.76. The Hall–Kier alpha value is -2.37. The summed E-state index contributed by atoms with van der Waals surface area (Å²) >= 11 is 0. The van der Waals surface area contributed by atoms with Crippen molar-refractivity contribution < 1.29 is 0 Å². The van der Waals surface area contributed by atoms with Crippen molar-refractivity contribution in [3.63, 3.8) is 0 Å². The highest BCUT2D eigenvalue weighted by Gasteiger charge is 2.11. The molecular formula is C17H26N6. The summed E-state index contributed by atoms with van der Waals surface area (Å²) in [4.78, 5) is 15.3. The maximum Gasteiger partial charge on any atom is 0.229 e. The lowest BCUT2D eigenvalue weighted by Gasteiger charge is -2.18. The van der Waals surface area contributed by atoms with Crippen LogP contribution in [0.15, 0.2) is 30.3 Å². The maximum absolute atomic E-state index is 4.51. The SMILES string of the molecule is CC(CNc1nc(C(C)C)nc(N(C)C)n1)Nc1ccccc1. The van der Waals surface area contributed by atoms with E-state index in [0.29, 0.717) is 11.9 Å². The normalized spacial score (nSPS) is 12.1. The van der Waals surface area contributed by atoms with Gasteiger partial charge in [-0.3, -0.25) is 0 Å². The second-order valence-electron chi connectivity index (χ2n) is 6.16. The van der Waals surface area contributed by atoms with Crippen molar-refractivity contribution in [1.82, 2.24) is 15.0 Å². The molecule has 0 aliphatic heterocycles. The summed E-state index contributed by atoms with van der Waals surface area (Å²) in [5.41, 5.74) is 1.11. The fourth-order valence-corrected chi connectivity index (χ4v) is 2.03. The van der Waals surface area contributed by atoms with Gasteiger partial charge < -0.3 is 15.5 Å². The number of hydrogen-bond donors (Lipinski definition) is 2. The quantitative estimate of drug-likeness (QED) is 0.819. The van der Waals surface area contributed by atoms with Gasteiger partial charge in [0.1, 0.15) is 5.82 Å². The molecule has 0 spiro atoms. The molecule has 0 amide bonds. The van der Waals surface area contributed by atoms with Gasteiger partial charge in [0, 0.05) is 38.3 Å². The summed E-state index contributed by atoms with van der Waals surface area (Å²) in [6.45, 7) is 7.01. The molecule has 2 N–H and O–H groups in total. The molecule has 1 unspecified atom stereocenters. The molecule has 124 valence electrons. The molecule has 0 aliphatic rings. The highest BCUT2D eigenvalue weighted by Crippen LogP contribution is 2.15. The van der Waals surface area contributed by atoms with Crippen molar-refractivity contribution in [2.24, 2.45) is 0 Å². The van der Waals surface area contributed by atoms with E-state index in [1.54, 1.807) is 0 Å². The summed E-state index contributed by atoms with van der Waals surface area (Å²) in [5.74, 6) is 2.36. The first-order valence-corrected chi connectivity index (χ1v) is 7.94. The van der Waals surface area contributed by atoms with Gasteiger partial charge in [-0.2, -0.15) is 15.0 Å². The molecule has 23 heavy (non-hydrogen) atoms. The van der Waals surface area contributed by atoms with Gasteiger partial charge in [-0.25, -0.2) is 0 Å². The minimum absolute atomic E-state index is 0.250. The third-order valence-electron chi connectivity index (χ3n) is 3.31. The number of para-hydroxylation sites is 1. The predicted molar refractivity (Wildman–Crippen MR) is 96.3 cm³/mol. The first-order valence-electron chi connectivity index (χ1n) is 7.94. The Bertz CT molecular complexity index is 585. The Morgan fingerprint density at radius 2 is 1.70 bits per heavy atom. The smallest absolute Gasteiger partial charge is 0.229 e. The van der Waals surface area contributed by atoms with Gasteiger partial charge in [0.05, 0.1) is 0 Å². The molecule has 0 saturated heterocycles. The predicted octanol–water partition coefficient (Wildman–Crippen LogP) is 2.97. The van der Waals surface area contributed by atoms with Crippen LogP contribution in [0.3, 0.4) is 0 Å². The number of nitrogens with one attached hydrogen (secondary N) is 2. The molecule has 1 aromatic carbocycles. The Balaban J connectivity index is 2.01. The van der Waals surface area contributed by atoms with Gasteiger partial charge in [-0.1, -0.05) is 32.0 Å². The summed E-state index contributed by atoms with van der Waals surface area (Å²) < 4.78 is 0. The van der Waals surface area contributed by atoms with Crippen molar-refractivity contribution >= 4 is 17.6 Å². The fraction of sp³-hybridized carbons (Fsp3) is 0.471. The zero-order valence-corrected chi connectivity index (χ0v) is 14.5. The molecule has 2 aromatic rings. The molecule has 0 aliphatic carbocycles. The first kappa shape index (κ1) is 17.0. The molecule has 0 radical (unpaired) electrons. The molecule has 6 heteroatoms. The van der Waals surface area contributed by atoms with Crippen LogP contribution in [0.5, 0.6) is 0 Å². The zero-order chi connectivity index (χ0) is 16.8. The van der Waals surface area contributed by atoms with E-state index >= 15 is 0 Å². The molecule has 6 nitrogen and oxygen atoms in total. The van der Waals surface area contributed by atoms with E-state index < -0.39 is 0 Å². The van der Waals surface area contributed by atoms with Crippen LogP contribution in [0, 0.1) is 0 Å². The molecule has 1 atom stereocenters. The third kappa shape index (κ3) is 5.09. The fourth-order valence-electron chi connectivity index (χ4n) is 2.03. The average molecular weight is 314 g/mol. The van der Waals surface area contributed by atoms with E-state index in [1.807, 2.05) is 37.2 Å². The van der Waals surface area contributed by atoms with Crippen LogP contribution in [-0.4, -0.2) is 41.6 Å². The van der Waals surface area contributed by atoms with Crippen LogP contribution in [0.1, 0.15) is 32.5 Å². The molecule has 0 saturated carbocycles. The average Bonchev–Trinajstić information content (AvgIpc) is 2.53. The molecule has 0 bridgehead atoms. The molecule has 1 heterocycles. The standard InChI is InChI=1S/C17H26N6/c1-12(2)15-20-16(22-17(21-15)23(4)5)18-11-13(3)19-14-9-7-6-8-10-14/h6-10,12-13,19H,11H2,1-5H3,(H,18,20,21,22). The number of anilines is 3. The highest BCUT2D eigenvalue weighted by atomic mass is 15.3. The van der Waals surface area contributed by atoms with E-state index in [1.165, 1.54) is 0 Å². The van der Waals surface area contributed by atoms with E-state index in [0.717, 1.165) is 18.1 Å². The lowest BCUT2D eigenvalue weighted by Crippen LogP contribution is -2.26. The maximum atomic E-state index is 4.51. The first-order chi connectivity index (χ1) is 11.0. The van der Waals surface area contributed by atoms with Crippen molar-refractivity contribution in [2.75, 3.05) is 36.2 Å². The zero-order valence-electron chi connectivity index (χ0n) is 14.5. The largest absolute Gasteiger partial charge is 0.381 e. The van der Waals surface area contributed by atoms with Crippen molar-refractivity contribution in [2.45, 2.75) is 32.7 Å². The van der Waals surface area contributed by atoms with E-state index in [-0.39, 0.29) is 12.0 Å². The van der Waals surface area contributed by atoms with Crippen LogP contribution < -0.4 is 15.5 Å². The van der Waals surface area contributed by atoms with E-state index in [9.17, 15) is 0 Å². The summed E-state index contributed by atoms with van der Waals surface area (Å²) in [6, 6.07) is 10.4. The van der Waals surface area contributed by atoms with Crippen molar-refractivity contribution in [3.8, 4) is 0 Å². The molecular weight excluding hydrogens is 288 g/mol. The third-order valence-corrected chi connectivity index (χ3v) is 3.31. The molecule has 1 aromatic heterocycles. The van der Waals surface area contributed by atoms with Crippen LogP contribution in [0.4, 0.5) is 17.6 Å². The minimum Gasteiger partial charge on any atom is -0.381 e. The van der Waals surface area contributed by atoms with Gasteiger partial charge in [0.25, 0.3) is 0 Å². The topological polar surface area (TPSA) is 66.0 Å². The highest BCUT2D eigenvalue weighted by molar-refractivity contribution is 5.44. The van der Waals surface area contributed by atoms with Gasteiger partial charge in [0.2, 0.25) is 11.9 Å². The second-order valence-corrected chi connectivity index (χ2v) is 6.16. The van der Waals surface area contributed by atoms with Gasteiger partial charge in [-0.05, 0) is 19.1 Å². The van der Waals surface area contributed by atoms with Gasteiger partial charge in [0.15, 0.2) is 0 Å². The number of hydrogen-bond acceptors (Lipinski definition) is 6. The van der Waals surface area contributed by atoms with Crippen LogP contribution in [0.2, 0.25) is 0 Å². The number of rotatable bonds is 7. The summed E-state index contributed by atoms with van der Waals surface area (Å²) in [5, 5.41) is 6.75. The summed E-state index contributed by atoms with van der Waals surface area (Å²) in [7, 11) is 3.87. The van der Waals surface area contributed by atoms with Gasteiger partial charge in [-0.15, -0.1) is 0 Å². The Kier molecular flexibility index (Phi) is 5.73. The Morgan fingerprint density at radius 3 is 2.30 bits per heavy atom. The van der Waals surface area contributed by atoms with Gasteiger partial charge >= 0.3 is 0 Å². The lowest BCUT2D eigenvalue weighted by atomic mass is 10.2. The van der Waals surface area contributed by atoms with E-state index in [2.05, 4.69) is 58.5 Å². The summed E-state index contributed by atoms with van der Waals surface area (Å²) in [6.07, 6.45) is 0. The lowest BCUT2D eigenvalue weighted by molar-refractivity contribution is 0.748. The number of nitrogens with zero attached hydrogens (tertiary/aromatic N) is 4. The Morgan fingerprint density at radius 1 is 1.00 bits per heavy atom. The van der Waals surface area contributed by atoms with E-state index in [4.69, 9.17) is 0 Å². The monoisotopic (exact) mass is 314 g/mol. The van der Waals surface area contributed by atoms with Crippen LogP contribution in [-0.2, 0) is 0 Å². The van der Waals surface area contributed by atoms with Crippen molar-refractivity contribution in [1.29, 1.82) is 0 Å². The van der Waals surface area contributed by atoms with Crippen LogP contribution >= 0.6 is 0 Å². The molecule has 0 fully saturated rings. The Labute approximate surface area is 138 Å². The molecule has 2 rings (SSSR count). The van der Waals surface area contributed by atoms with Crippen molar-refractivity contribution in [3.05, 3.63) is 36.2 Å². The minimum atomic E-state index is 0.250. The number of aromatic nitrogens is 3. The van der Waals surface area contributed by atoms with Crippen LogP contribution in [0.25, 0.3) is 0 Å². The number of benzene rings is 1.